The van der Waals surface area contributed by atoms with Gasteiger partial charge in [0.25, 0.3) is 0 Å². The van der Waals surface area contributed by atoms with Crippen LogP contribution in [0.2, 0.25) is 0 Å². The first-order valence-electron chi connectivity index (χ1n) is 12.7. The minimum Gasteiger partial charge on any atom is -0.289 e. The van der Waals surface area contributed by atoms with E-state index in [-0.39, 0.29) is 43.3 Å². The van der Waals surface area contributed by atoms with Crippen molar-refractivity contribution in [2.24, 2.45) is 0 Å². The number of benzene rings is 6. The van der Waals surface area contributed by atoms with Gasteiger partial charge < -0.3 is 0 Å². The second kappa shape index (κ2) is 9.56. The molecule has 0 saturated carbocycles. The van der Waals surface area contributed by atoms with Crippen molar-refractivity contribution in [1.29, 1.82) is 0 Å². The summed E-state index contributed by atoms with van der Waals surface area (Å²) in [6.07, 6.45) is 0. The number of fused-ring (bicyclic) bond motifs is 8. The van der Waals surface area contributed by atoms with Gasteiger partial charge in [0.2, 0.25) is 0 Å². The maximum Gasteiger partial charge on any atom is 0.196 e. The fourth-order valence-electron chi connectivity index (χ4n) is 4.96. The lowest BCUT2D eigenvalue weighted by atomic mass is 9.99. The summed E-state index contributed by atoms with van der Waals surface area (Å²) in [5.41, 5.74) is 0.290. The molecule has 1 heterocycles. The Kier molecular flexibility index (Phi) is 6.25. The second-order valence-corrected chi connectivity index (χ2v) is 8.34. The van der Waals surface area contributed by atoms with Gasteiger partial charge in [-0.15, -0.1) is 0 Å². The number of nitrogens with zero attached hydrogens (tertiary/aromatic N) is 2. The van der Waals surface area contributed by atoms with Crippen molar-refractivity contribution < 1.29 is 0 Å². The Labute approximate surface area is 216 Å². The zero-order valence-electron chi connectivity index (χ0n) is 21.5. The molecular weight excluding hydrogens is 476 g/mol. The van der Waals surface area contributed by atoms with Crippen LogP contribution in [0, 0.1) is 0 Å². The van der Waals surface area contributed by atoms with Crippen LogP contribution < -0.4 is 21.7 Å². The first-order chi connectivity index (χ1) is 18.5. The first kappa shape index (κ1) is 24.8. The number of rotatable bonds is 0. The van der Waals surface area contributed by atoms with E-state index in [4.69, 9.17) is 0 Å². The third-order valence-corrected chi connectivity index (χ3v) is 6.55. The Hall–Kier alpha value is -4.84. The summed E-state index contributed by atoms with van der Waals surface area (Å²) < 4.78 is 0. The van der Waals surface area contributed by atoms with E-state index < -0.39 is 0 Å². The van der Waals surface area contributed by atoms with Crippen LogP contribution in [-0.4, -0.2) is 9.97 Å². The lowest BCUT2D eigenvalue weighted by Gasteiger charge is -2.08. The predicted octanol–water partition coefficient (Wildman–Crippen LogP) is 5.76. The normalized spacial score (nSPS) is 11.1. The largest absolute Gasteiger partial charge is 0.289 e. The lowest BCUT2D eigenvalue weighted by molar-refractivity contribution is 1.41. The van der Waals surface area contributed by atoms with E-state index in [9.17, 15) is 19.2 Å². The minimum atomic E-state index is -0.289. The van der Waals surface area contributed by atoms with E-state index in [0.29, 0.717) is 43.6 Å². The average Bonchev–Trinajstić information content (AvgIpc) is 2.98. The summed E-state index contributed by atoms with van der Waals surface area (Å²) in [6, 6.07) is 19.8. The highest BCUT2D eigenvalue weighted by Crippen LogP contribution is 2.26. The maximum absolute atomic E-state index is 13.3. The van der Waals surface area contributed by atoms with Crippen molar-refractivity contribution >= 4 is 65.2 Å². The highest BCUT2D eigenvalue weighted by molar-refractivity contribution is 6.14. The van der Waals surface area contributed by atoms with Gasteiger partial charge in [0.15, 0.2) is 21.7 Å². The molecule has 6 aromatic carbocycles. The van der Waals surface area contributed by atoms with E-state index in [1.54, 1.807) is 72.8 Å². The molecule has 186 valence electrons. The molecular formula is C32H24N2O4. The number of aromatic nitrogens is 2. The molecule has 0 spiro atoms. The summed E-state index contributed by atoms with van der Waals surface area (Å²) >= 11 is 0. The van der Waals surface area contributed by atoms with Gasteiger partial charge in [-0.1, -0.05) is 76.2 Å². The molecule has 0 amide bonds. The van der Waals surface area contributed by atoms with Crippen LogP contribution in [0.15, 0.2) is 92.0 Å². The Balaban J connectivity index is 0.000000704. The van der Waals surface area contributed by atoms with Crippen LogP contribution in [0.3, 0.4) is 0 Å². The molecule has 0 atom stereocenters. The molecule has 0 aliphatic rings. The summed E-state index contributed by atoms with van der Waals surface area (Å²) in [7, 11) is 0. The molecule has 0 N–H and O–H groups in total. The fourth-order valence-corrected chi connectivity index (χ4v) is 4.96. The third kappa shape index (κ3) is 3.41. The van der Waals surface area contributed by atoms with Crippen LogP contribution in [0.1, 0.15) is 27.7 Å². The highest BCUT2D eigenvalue weighted by Gasteiger charge is 2.18. The SMILES string of the molecule is CC.CC.O=c1c2ccccc2c(=O)c2c1ccc1nc3c(ccc4c(=O)c5ccccc5c(=O)c43)nc12. The molecule has 0 aliphatic carbocycles. The summed E-state index contributed by atoms with van der Waals surface area (Å²) in [5.74, 6) is 0. The Morgan fingerprint density at radius 1 is 0.395 bits per heavy atom. The van der Waals surface area contributed by atoms with E-state index in [1.165, 1.54) is 0 Å². The van der Waals surface area contributed by atoms with E-state index in [1.807, 2.05) is 27.7 Å². The number of hydrogen-bond donors (Lipinski definition) is 0. The molecule has 38 heavy (non-hydrogen) atoms. The standard InChI is InChI=1S/C28H12N2O4.2C2H6/c31-25-13-5-1-3-7-15(13)27(33)21-17(25)9-11-19-23(21)29-20-12-10-18-22(24(20)30-19)28(34)16-8-4-2-6-14(16)26(18)32;2*1-2/h1-12H;2*1-2H3. The number of hydrogen-bond acceptors (Lipinski definition) is 6. The third-order valence-electron chi connectivity index (χ3n) is 6.55. The second-order valence-electron chi connectivity index (χ2n) is 8.34. The molecule has 0 saturated heterocycles. The maximum atomic E-state index is 13.3. The van der Waals surface area contributed by atoms with Gasteiger partial charge in [0.05, 0.1) is 21.8 Å². The molecule has 0 bridgehead atoms. The summed E-state index contributed by atoms with van der Waals surface area (Å²) in [5, 5.41) is 2.37. The zero-order chi connectivity index (χ0) is 27.1. The lowest BCUT2D eigenvalue weighted by Crippen LogP contribution is -2.14. The molecule has 7 aromatic rings. The molecule has 0 unspecified atom stereocenters. The zero-order valence-corrected chi connectivity index (χ0v) is 21.5. The van der Waals surface area contributed by atoms with Gasteiger partial charge in [0, 0.05) is 32.3 Å². The van der Waals surface area contributed by atoms with Crippen molar-refractivity contribution in [1.82, 2.24) is 9.97 Å². The molecule has 0 radical (unpaired) electrons. The van der Waals surface area contributed by atoms with E-state index in [0.717, 1.165) is 0 Å². The summed E-state index contributed by atoms with van der Waals surface area (Å²) in [4.78, 5) is 62.2. The van der Waals surface area contributed by atoms with Crippen LogP contribution >= 0.6 is 0 Å². The van der Waals surface area contributed by atoms with E-state index in [2.05, 4.69) is 9.97 Å². The Morgan fingerprint density at radius 2 is 0.711 bits per heavy atom. The van der Waals surface area contributed by atoms with Crippen LogP contribution in [0.5, 0.6) is 0 Å². The van der Waals surface area contributed by atoms with Gasteiger partial charge in [-0.2, -0.15) is 0 Å². The predicted molar refractivity (Wildman–Crippen MR) is 157 cm³/mol. The minimum absolute atomic E-state index is 0.209. The van der Waals surface area contributed by atoms with Gasteiger partial charge >= 0.3 is 0 Å². The van der Waals surface area contributed by atoms with Crippen molar-refractivity contribution in [3.63, 3.8) is 0 Å². The van der Waals surface area contributed by atoms with Gasteiger partial charge in [-0.05, 0) is 24.3 Å². The van der Waals surface area contributed by atoms with Crippen LogP contribution in [-0.2, 0) is 0 Å². The highest BCUT2D eigenvalue weighted by atomic mass is 16.1. The summed E-state index contributed by atoms with van der Waals surface area (Å²) in [6.45, 7) is 8.00. The first-order valence-corrected chi connectivity index (χ1v) is 12.7. The molecule has 0 fully saturated rings. The quantitative estimate of drug-likeness (QED) is 0.194. The molecule has 7 rings (SSSR count). The van der Waals surface area contributed by atoms with Crippen molar-refractivity contribution in [3.05, 3.63) is 114 Å². The van der Waals surface area contributed by atoms with Crippen molar-refractivity contribution in [3.8, 4) is 0 Å². The van der Waals surface area contributed by atoms with Crippen LogP contribution in [0.25, 0.3) is 65.2 Å². The molecule has 6 nitrogen and oxygen atoms in total. The van der Waals surface area contributed by atoms with Crippen molar-refractivity contribution in [2.75, 3.05) is 0 Å². The Morgan fingerprint density at radius 3 is 1.05 bits per heavy atom. The molecule has 0 aliphatic heterocycles. The van der Waals surface area contributed by atoms with Gasteiger partial charge in [0.1, 0.15) is 11.0 Å². The molecule has 6 heteroatoms. The topological polar surface area (TPSA) is 94.1 Å². The van der Waals surface area contributed by atoms with E-state index >= 15 is 0 Å². The smallest absolute Gasteiger partial charge is 0.196 e. The monoisotopic (exact) mass is 500 g/mol. The molecule has 1 aromatic heterocycles. The van der Waals surface area contributed by atoms with Crippen molar-refractivity contribution in [2.45, 2.75) is 27.7 Å². The van der Waals surface area contributed by atoms with Crippen LogP contribution in [0.4, 0.5) is 0 Å². The average molecular weight is 501 g/mol. The van der Waals surface area contributed by atoms with Gasteiger partial charge in [-0.25, -0.2) is 9.97 Å². The van der Waals surface area contributed by atoms with Gasteiger partial charge in [-0.3, -0.25) is 19.2 Å². The Bertz CT molecular complexity index is 2100. The fraction of sp³-hybridized carbons (Fsp3) is 0.125.